The fourth-order valence-corrected chi connectivity index (χ4v) is 2.35. The van der Waals surface area contributed by atoms with E-state index < -0.39 is 0 Å². The summed E-state index contributed by atoms with van der Waals surface area (Å²) in [5.74, 6) is 0.776. The normalized spacial score (nSPS) is 13.2. The number of aromatic nitrogens is 2. The van der Waals surface area contributed by atoms with Crippen LogP contribution in [0.25, 0.3) is 0 Å². The van der Waals surface area contributed by atoms with Crippen LogP contribution in [0, 0.1) is 5.92 Å². The van der Waals surface area contributed by atoms with Crippen LogP contribution in [0.3, 0.4) is 0 Å². The van der Waals surface area contributed by atoms with E-state index in [1.54, 1.807) is 0 Å². The van der Waals surface area contributed by atoms with Crippen molar-refractivity contribution in [3.05, 3.63) is 18.0 Å². The molecule has 98 valence electrons. The Labute approximate surface area is 106 Å². The molecule has 1 N–H and O–H groups in total. The van der Waals surface area contributed by atoms with Crippen LogP contribution in [0.5, 0.6) is 0 Å². The van der Waals surface area contributed by atoms with Gasteiger partial charge in [0.25, 0.3) is 0 Å². The molecule has 1 aromatic rings. The molecule has 17 heavy (non-hydrogen) atoms. The summed E-state index contributed by atoms with van der Waals surface area (Å²) >= 11 is 0. The fraction of sp³-hybridized carbons (Fsp3) is 0.786. The molecule has 0 amide bonds. The van der Waals surface area contributed by atoms with E-state index in [4.69, 9.17) is 0 Å². The van der Waals surface area contributed by atoms with E-state index in [9.17, 15) is 0 Å². The van der Waals surface area contributed by atoms with Crippen LogP contribution in [0.1, 0.15) is 52.7 Å². The molecule has 0 aliphatic rings. The average molecular weight is 237 g/mol. The van der Waals surface area contributed by atoms with Crippen molar-refractivity contribution in [2.24, 2.45) is 5.92 Å². The van der Waals surface area contributed by atoms with Crippen molar-refractivity contribution >= 4 is 0 Å². The molecule has 0 radical (unpaired) electrons. The third kappa shape index (κ3) is 4.15. The smallest absolute Gasteiger partial charge is 0.0522 e. The maximum Gasteiger partial charge on any atom is 0.0522 e. The summed E-state index contributed by atoms with van der Waals surface area (Å²) in [7, 11) is 0. The van der Waals surface area contributed by atoms with Gasteiger partial charge in [-0.3, -0.25) is 4.68 Å². The highest BCUT2D eigenvalue weighted by molar-refractivity contribution is 5.00. The number of hydrogen-bond donors (Lipinski definition) is 1. The zero-order valence-corrected chi connectivity index (χ0v) is 11.7. The average Bonchev–Trinajstić information content (AvgIpc) is 2.76. The lowest BCUT2D eigenvalue weighted by Gasteiger charge is -2.22. The summed E-state index contributed by atoms with van der Waals surface area (Å²) in [6.45, 7) is 11.0. The summed E-state index contributed by atoms with van der Waals surface area (Å²) < 4.78 is 2.10. The highest BCUT2D eigenvalue weighted by atomic mass is 15.3. The summed E-state index contributed by atoms with van der Waals surface area (Å²) in [4.78, 5) is 0. The second kappa shape index (κ2) is 7.49. The van der Waals surface area contributed by atoms with Gasteiger partial charge in [0.2, 0.25) is 0 Å². The molecule has 0 aliphatic heterocycles. The van der Waals surface area contributed by atoms with Gasteiger partial charge in [-0.25, -0.2) is 0 Å². The van der Waals surface area contributed by atoms with Crippen LogP contribution in [0.2, 0.25) is 0 Å². The van der Waals surface area contributed by atoms with Crippen LogP contribution in [0.15, 0.2) is 12.3 Å². The van der Waals surface area contributed by atoms with E-state index >= 15 is 0 Å². The van der Waals surface area contributed by atoms with E-state index in [-0.39, 0.29) is 0 Å². The van der Waals surface area contributed by atoms with Gasteiger partial charge in [-0.15, -0.1) is 0 Å². The first-order valence-electron chi connectivity index (χ1n) is 6.96. The molecule has 1 atom stereocenters. The first kappa shape index (κ1) is 14.2. The molecule has 0 fully saturated rings. The summed E-state index contributed by atoms with van der Waals surface area (Å²) in [6, 6.07) is 2.69. The van der Waals surface area contributed by atoms with Gasteiger partial charge in [-0.2, -0.15) is 5.10 Å². The van der Waals surface area contributed by atoms with Gasteiger partial charge in [0.05, 0.1) is 5.69 Å². The Hall–Kier alpha value is -0.830. The number of nitrogens with zero attached hydrogens (tertiary/aromatic N) is 2. The predicted octanol–water partition coefficient (Wildman–Crippen LogP) is 3.21. The minimum absolute atomic E-state index is 0.579. The van der Waals surface area contributed by atoms with Crippen LogP contribution >= 0.6 is 0 Å². The Morgan fingerprint density at radius 2 is 2.00 bits per heavy atom. The molecule has 1 unspecified atom stereocenters. The fourth-order valence-electron chi connectivity index (χ4n) is 2.35. The van der Waals surface area contributed by atoms with Crippen molar-refractivity contribution in [1.82, 2.24) is 15.1 Å². The highest BCUT2D eigenvalue weighted by Crippen LogP contribution is 2.13. The maximum atomic E-state index is 4.35. The predicted molar refractivity (Wildman–Crippen MR) is 72.9 cm³/mol. The molecule has 0 saturated carbocycles. The Balaban J connectivity index is 2.46. The quantitative estimate of drug-likeness (QED) is 0.752. The first-order valence-corrected chi connectivity index (χ1v) is 6.96. The van der Waals surface area contributed by atoms with Gasteiger partial charge in [0.1, 0.15) is 0 Å². The van der Waals surface area contributed by atoms with Gasteiger partial charge in [-0.1, -0.05) is 33.6 Å². The lowest BCUT2D eigenvalue weighted by molar-refractivity contribution is 0.348. The number of nitrogens with one attached hydrogen (secondary N) is 1. The monoisotopic (exact) mass is 237 g/mol. The second-order valence-corrected chi connectivity index (χ2v) is 4.79. The third-order valence-electron chi connectivity index (χ3n) is 3.60. The zero-order chi connectivity index (χ0) is 12.7. The van der Waals surface area contributed by atoms with E-state index in [0.29, 0.717) is 6.04 Å². The van der Waals surface area contributed by atoms with Crippen molar-refractivity contribution in [2.75, 3.05) is 0 Å². The van der Waals surface area contributed by atoms with Crippen LogP contribution in [-0.4, -0.2) is 15.8 Å². The molecular formula is C14H27N3. The maximum absolute atomic E-state index is 4.35. The van der Waals surface area contributed by atoms with E-state index in [2.05, 4.69) is 48.9 Å². The molecule has 1 aromatic heterocycles. The van der Waals surface area contributed by atoms with Crippen LogP contribution in [0.4, 0.5) is 0 Å². The molecular weight excluding hydrogens is 210 g/mol. The van der Waals surface area contributed by atoms with Gasteiger partial charge < -0.3 is 5.32 Å². The first-order chi connectivity index (χ1) is 8.22. The standard InChI is InChI=1S/C14H27N3/c1-5-10-17-14(8-9-16-17)11-15-12(4)13(6-2)7-3/h8-9,12-13,15H,5-7,10-11H2,1-4H3. The molecule has 1 rings (SSSR count). The Morgan fingerprint density at radius 1 is 1.29 bits per heavy atom. The zero-order valence-electron chi connectivity index (χ0n) is 11.7. The molecule has 1 heterocycles. The molecule has 0 aliphatic carbocycles. The third-order valence-corrected chi connectivity index (χ3v) is 3.60. The minimum atomic E-state index is 0.579. The Bertz CT molecular complexity index is 302. The molecule has 3 heteroatoms. The lowest BCUT2D eigenvalue weighted by Crippen LogP contribution is -2.33. The minimum Gasteiger partial charge on any atom is -0.308 e. The topological polar surface area (TPSA) is 29.9 Å². The molecule has 0 saturated heterocycles. The summed E-state index contributed by atoms with van der Waals surface area (Å²) in [6.07, 6.45) is 5.53. The van der Waals surface area contributed by atoms with Crippen LogP contribution in [-0.2, 0) is 13.1 Å². The number of hydrogen-bond acceptors (Lipinski definition) is 2. The SMILES string of the molecule is CCCn1nccc1CNC(C)C(CC)CC. The van der Waals surface area contributed by atoms with E-state index in [1.807, 2.05) is 6.20 Å². The van der Waals surface area contributed by atoms with Gasteiger partial charge in [0, 0.05) is 25.3 Å². The summed E-state index contributed by atoms with van der Waals surface area (Å²) in [5.41, 5.74) is 1.30. The number of aryl methyl sites for hydroxylation is 1. The van der Waals surface area contributed by atoms with Gasteiger partial charge >= 0.3 is 0 Å². The van der Waals surface area contributed by atoms with Gasteiger partial charge in [-0.05, 0) is 25.3 Å². The highest BCUT2D eigenvalue weighted by Gasteiger charge is 2.13. The largest absolute Gasteiger partial charge is 0.308 e. The van der Waals surface area contributed by atoms with Crippen molar-refractivity contribution in [3.8, 4) is 0 Å². The van der Waals surface area contributed by atoms with Crippen molar-refractivity contribution in [2.45, 2.75) is 66.1 Å². The summed E-state index contributed by atoms with van der Waals surface area (Å²) in [5, 5.41) is 7.97. The van der Waals surface area contributed by atoms with Crippen molar-refractivity contribution < 1.29 is 0 Å². The van der Waals surface area contributed by atoms with Gasteiger partial charge in [0.15, 0.2) is 0 Å². The van der Waals surface area contributed by atoms with Crippen molar-refractivity contribution in [1.29, 1.82) is 0 Å². The molecule has 0 bridgehead atoms. The second-order valence-electron chi connectivity index (χ2n) is 4.79. The van der Waals surface area contributed by atoms with Crippen molar-refractivity contribution in [3.63, 3.8) is 0 Å². The lowest BCUT2D eigenvalue weighted by atomic mass is 9.95. The van der Waals surface area contributed by atoms with Crippen LogP contribution < -0.4 is 5.32 Å². The number of rotatable bonds is 8. The Kier molecular flexibility index (Phi) is 6.27. The molecule has 3 nitrogen and oxygen atoms in total. The molecule has 0 aromatic carbocycles. The Morgan fingerprint density at radius 3 is 2.59 bits per heavy atom. The van der Waals surface area contributed by atoms with E-state index in [0.717, 1.165) is 25.4 Å². The van der Waals surface area contributed by atoms with E-state index in [1.165, 1.54) is 18.5 Å². The molecule has 0 spiro atoms.